The Morgan fingerprint density at radius 1 is 1.12 bits per heavy atom. The van der Waals surface area contributed by atoms with Gasteiger partial charge in [0.1, 0.15) is 5.69 Å². The molecule has 0 saturated carbocycles. The van der Waals surface area contributed by atoms with Crippen LogP contribution >= 0.6 is 0 Å². The van der Waals surface area contributed by atoms with Crippen molar-refractivity contribution >= 4 is 21.2 Å². The van der Waals surface area contributed by atoms with Crippen molar-refractivity contribution in [3.63, 3.8) is 0 Å². The predicted octanol–water partition coefficient (Wildman–Crippen LogP) is 2.49. The van der Waals surface area contributed by atoms with Gasteiger partial charge in [0.2, 0.25) is 0 Å². The van der Waals surface area contributed by atoms with Gasteiger partial charge in [-0.1, -0.05) is 19.1 Å². The van der Waals surface area contributed by atoms with E-state index >= 15 is 0 Å². The largest absolute Gasteiger partial charge is 0.392 e. The van der Waals surface area contributed by atoms with Crippen molar-refractivity contribution in [1.29, 1.82) is 0 Å². The minimum atomic E-state index is -3.25. The van der Waals surface area contributed by atoms with Crippen molar-refractivity contribution < 1.29 is 18.4 Å². The summed E-state index contributed by atoms with van der Waals surface area (Å²) < 4.78 is 23.5. The number of nitrogens with one attached hydrogen (secondary N) is 1. The molecule has 0 aliphatic carbocycles. The molecule has 7 nitrogen and oxygen atoms in total. The molecule has 8 heteroatoms. The predicted molar refractivity (Wildman–Crippen MR) is 90.5 cm³/mol. The minimum Gasteiger partial charge on any atom is -0.392 e. The lowest BCUT2D eigenvalue weighted by molar-refractivity contribution is -0.384. The molecule has 0 bridgehead atoms. The van der Waals surface area contributed by atoms with Crippen molar-refractivity contribution in [3.8, 4) is 0 Å². The highest BCUT2D eigenvalue weighted by Gasteiger charge is 2.14. The van der Waals surface area contributed by atoms with E-state index < -0.39 is 14.8 Å². The molecule has 128 valence electrons. The third-order valence-corrected chi connectivity index (χ3v) is 5.34. The number of aliphatic hydroxyl groups excluding tert-OH is 1. The lowest BCUT2D eigenvalue weighted by Gasteiger charge is -2.09. The van der Waals surface area contributed by atoms with Crippen LogP contribution in [0.15, 0.2) is 47.4 Å². The Morgan fingerprint density at radius 3 is 2.29 bits per heavy atom. The van der Waals surface area contributed by atoms with Gasteiger partial charge in [-0.05, 0) is 35.4 Å². The number of benzene rings is 2. The maximum absolute atomic E-state index is 11.8. The Balaban J connectivity index is 2.18. The standard InChI is InChI=1S/C16H18N2O5S/c1-2-24(22,23)14-6-3-12(4-7-14)10-17-15-9-13(11-19)5-8-16(15)18(20)21/h3-9,17,19H,2,10-11H2,1H3. The van der Waals surface area contributed by atoms with Crippen LogP contribution in [-0.2, 0) is 23.0 Å². The Morgan fingerprint density at radius 2 is 1.75 bits per heavy atom. The molecule has 0 atom stereocenters. The summed E-state index contributed by atoms with van der Waals surface area (Å²) in [6, 6.07) is 10.7. The smallest absolute Gasteiger partial charge is 0.292 e. The number of aliphatic hydroxyl groups is 1. The van der Waals surface area contributed by atoms with Gasteiger partial charge in [0, 0.05) is 12.6 Å². The number of sulfone groups is 1. The summed E-state index contributed by atoms with van der Waals surface area (Å²) in [4.78, 5) is 10.8. The van der Waals surface area contributed by atoms with Crippen molar-refractivity contribution in [3.05, 3.63) is 63.7 Å². The van der Waals surface area contributed by atoms with E-state index in [4.69, 9.17) is 5.11 Å². The molecular weight excluding hydrogens is 332 g/mol. The quantitative estimate of drug-likeness (QED) is 0.586. The number of anilines is 1. The monoisotopic (exact) mass is 350 g/mol. The number of hydrogen-bond acceptors (Lipinski definition) is 6. The zero-order valence-corrected chi connectivity index (χ0v) is 13.9. The topological polar surface area (TPSA) is 110 Å². The van der Waals surface area contributed by atoms with Gasteiger partial charge in [0.25, 0.3) is 5.69 Å². The summed E-state index contributed by atoms with van der Waals surface area (Å²) >= 11 is 0. The summed E-state index contributed by atoms with van der Waals surface area (Å²) in [7, 11) is -3.25. The maximum atomic E-state index is 11.8. The van der Waals surface area contributed by atoms with Crippen molar-refractivity contribution in [2.45, 2.75) is 25.0 Å². The number of rotatable bonds is 7. The molecule has 0 spiro atoms. The SMILES string of the molecule is CCS(=O)(=O)c1ccc(CNc2cc(CO)ccc2[N+](=O)[O-])cc1. The molecule has 0 fully saturated rings. The number of hydrogen-bond donors (Lipinski definition) is 2. The van der Waals surface area contributed by atoms with E-state index in [0.29, 0.717) is 17.8 Å². The number of nitrogens with zero attached hydrogens (tertiary/aromatic N) is 1. The summed E-state index contributed by atoms with van der Waals surface area (Å²) in [5.41, 5.74) is 1.57. The van der Waals surface area contributed by atoms with E-state index in [9.17, 15) is 18.5 Å². The van der Waals surface area contributed by atoms with Crippen LogP contribution in [0, 0.1) is 10.1 Å². The van der Waals surface area contributed by atoms with Gasteiger partial charge >= 0.3 is 0 Å². The van der Waals surface area contributed by atoms with Crippen molar-refractivity contribution in [1.82, 2.24) is 0 Å². The average molecular weight is 350 g/mol. The van der Waals surface area contributed by atoms with E-state index in [-0.39, 0.29) is 22.9 Å². The molecule has 24 heavy (non-hydrogen) atoms. The van der Waals surface area contributed by atoms with E-state index in [0.717, 1.165) is 5.56 Å². The summed E-state index contributed by atoms with van der Waals surface area (Å²) in [6.07, 6.45) is 0. The molecule has 2 rings (SSSR count). The Labute approximate surface area is 140 Å². The highest BCUT2D eigenvalue weighted by Crippen LogP contribution is 2.26. The molecule has 0 aliphatic rings. The van der Waals surface area contributed by atoms with Gasteiger partial charge in [-0.15, -0.1) is 0 Å². The first-order chi connectivity index (χ1) is 11.4. The van der Waals surface area contributed by atoms with Gasteiger partial charge in [-0.2, -0.15) is 0 Å². The van der Waals surface area contributed by atoms with Crippen LogP contribution in [0.2, 0.25) is 0 Å². The number of nitro groups is 1. The van der Waals surface area contributed by atoms with Gasteiger partial charge in [0.05, 0.1) is 22.2 Å². The summed E-state index contributed by atoms with van der Waals surface area (Å²) in [5, 5.41) is 23.2. The van der Waals surface area contributed by atoms with Gasteiger partial charge in [0.15, 0.2) is 9.84 Å². The van der Waals surface area contributed by atoms with Crippen LogP contribution in [-0.4, -0.2) is 24.2 Å². The zero-order valence-electron chi connectivity index (χ0n) is 13.1. The molecule has 2 aromatic rings. The van der Waals surface area contributed by atoms with Crippen LogP contribution in [0.4, 0.5) is 11.4 Å². The van der Waals surface area contributed by atoms with Gasteiger partial charge < -0.3 is 10.4 Å². The molecule has 0 aliphatic heterocycles. The van der Waals surface area contributed by atoms with Crippen molar-refractivity contribution in [2.24, 2.45) is 0 Å². The molecule has 2 N–H and O–H groups in total. The number of nitro benzene ring substituents is 1. The van der Waals surface area contributed by atoms with E-state index in [2.05, 4.69) is 5.32 Å². The average Bonchev–Trinajstić information content (AvgIpc) is 2.59. The van der Waals surface area contributed by atoms with Crippen LogP contribution in [0.3, 0.4) is 0 Å². The molecule has 2 aromatic carbocycles. The highest BCUT2D eigenvalue weighted by molar-refractivity contribution is 7.91. The third kappa shape index (κ3) is 4.09. The zero-order chi connectivity index (χ0) is 17.7. The highest BCUT2D eigenvalue weighted by atomic mass is 32.2. The molecule has 0 amide bonds. The minimum absolute atomic E-state index is 0.0325. The van der Waals surface area contributed by atoms with Crippen molar-refractivity contribution in [2.75, 3.05) is 11.1 Å². The molecule has 0 unspecified atom stereocenters. The lowest BCUT2D eigenvalue weighted by Crippen LogP contribution is -2.05. The third-order valence-electron chi connectivity index (χ3n) is 3.59. The Kier molecular flexibility index (Phi) is 5.53. The normalized spacial score (nSPS) is 11.2. The first-order valence-electron chi connectivity index (χ1n) is 7.31. The lowest BCUT2D eigenvalue weighted by atomic mass is 10.1. The molecular formula is C16H18N2O5S. The Hall–Kier alpha value is -2.45. The second kappa shape index (κ2) is 7.41. The summed E-state index contributed by atoms with van der Waals surface area (Å²) in [6.45, 7) is 1.66. The molecule has 0 aromatic heterocycles. The fraction of sp³-hybridized carbons (Fsp3) is 0.250. The molecule has 0 radical (unpaired) electrons. The molecule has 0 heterocycles. The first-order valence-corrected chi connectivity index (χ1v) is 8.96. The van der Waals surface area contributed by atoms with Crippen LogP contribution in [0.1, 0.15) is 18.1 Å². The fourth-order valence-electron chi connectivity index (χ4n) is 2.16. The van der Waals surface area contributed by atoms with Crippen LogP contribution in [0.25, 0.3) is 0 Å². The second-order valence-corrected chi connectivity index (χ2v) is 7.45. The van der Waals surface area contributed by atoms with Gasteiger partial charge in [-0.25, -0.2) is 8.42 Å². The first kappa shape index (κ1) is 17.9. The van der Waals surface area contributed by atoms with Crippen LogP contribution in [0.5, 0.6) is 0 Å². The van der Waals surface area contributed by atoms with E-state index in [1.807, 2.05) is 0 Å². The van der Waals surface area contributed by atoms with Crippen LogP contribution < -0.4 is 5.32 Å². The van der Waals surface area contributed by atoms with E-state index in [1.165, 1.54) is 30.3 Å². The van der Waals surface area contributed by atoms with Gasteiger partial charge in [-0.3, -0.25) is 10.1 Å². The van der Waals surface area contributed by atoms with E-state index in [1.54, 1.807) is 19.1 Å². The Bertz CT molecular complexity index is 832. The second-order valence-electron chi connectivity index (χ2n) is 5.17. The summed E-state index contributed by atoms with van der Waals surface area (Å²) in [5.74, 6) is 0.0325. The fourth-order valence-corrected chi connectivity index (χ4v) is 3.05. The molecule has 0 saturated heterocycles. The maximum Gasteiger partial charge on any atom is 0.292 e.